The quantitative estimate of drug-likeness (QED) is 0.267. The van der Waals surface area contributed by atoms with Crippen LogP contribution in [-0.4, -0.2) is 4.57 Å². The molecule has 0 amide bonds. The summed E-state index contributed by atoms with van der Waals surface area (Å²) in [6.45, 7) is 2.15. The van der Waals surface area contributed by atoms with Gasteiger partial charge in [-0.1, -0.05) is 29.8 Å². The maximum absolute atomic E-state index is 2.47. The molecular weight excluding hydrogens is 426 g/mol. The maximum atomic E-state index is 2.47. The van der Waals surface area contributed by atoms with E-state index < -0.39 is 0 Å². The Hall–Kier alpha value is -4.50. The van der Waals surface area contributed by atoms with Crippen molar-refractivity contribution in [3.05, 3.63) is 126 Å². The molecule has 0 unspecified atom stereocenters. The molecule has 5 heterocycles. The largest absolute Gasteiger partial charge is 0.309 e. The molecule has 0 spiro atoms. The summed E-state index contributed by atoms with van der Waals surface area (Å²) in [5.74, 6) is 0. The number of hydrogen-bond acceptors (Lipinski definition) is 0. The minimum atomic E-state index is 0.875. The molecule has 3 heteroatoms. The van der Waals surface area contributed by atoms with E-state index in [2.05, 4.69) is 130 Å². The first-order chi connectivity index (χ1) is 17.3. The van der Waals surface area contributed by atoms with E-state index in [-0.39, 0.29) is 0 Å². The number of hydrogen-bond donors (Lipinski definition) is 0. The van der Waals surface area contributed by atoms with Gasteiger partial charge in [0, 0.05) is 35.5 Å². The average Bonchev–Trinajstić information content (AvgIpc) is 3.24. The van der Waals surface area contributed by atoms with E-state index in [1.807, 2.05) is 0 Å². The van der Waals surface area contributed by atoms with Gasteiger partial charge in [0.15, 0.2) is 12.4 Å². The van der Waals surface area contributed by atoms with Crippen molar-refractivity contribution in [3.63, 3.8) is 0 Å². The van der Waals surface area contributed by atoms with Gasteiger partial charge in [-0.3, -0.25) is 0 Å². The fraction of sp³-hybridized carbons (Fsp3) is 0.0625. The molecule has 0 aliphatic carbocycles. The molecule has 2 aromatic heterocycles. The predicted molar refractivity (Wildman–Crippen MR) is 140 cm³/mol. The molecular formula is C32H23N3+2. The summed E-state index contributed by atoms with van der Waals surface area (Å²) in [7, 11) is 0. The molecule has 3 aliphatic heterocycles. The SMILES string of the molecule is Cc1ccc(-n2c3cccc4c3Cc(c3[n+]5ccccc5c5cccc2c5-3)[n+]2ccccc42)cc1. The highest BCUT2D eigenvalue weighted by molar-refractivity contribution is 6.03. The monoisotopic (exact) mass is 449 g/mol. The van der Waals surface area contributed by atoms with Gasteiger partial charge in [-0.25, -0.2) is 0 Å². The van der Waals surface area contributed by atoms with Gasteiger partial charge in [0.25, 0.3) is 11.4 Å². The predicted octanol–water partition coefficient (Wildman–Crippen LogP) is 6.14. The Bertz CT molecular complexity index is 1980. The van der Waals surface area contributed by atoms with Crippen molar-refractivity contribution in [2.75, 3.05) is 0 Å². The highest BCUT2D eigenvalue weighted by atomic mass is 15.0. The molecule has 0 atom stereocenters. The Morgan fingerprint density at radius 3 is 2.11 bits per heavy atom. The Kier molecular flexibility index (Phi) is 3.65. The lowest BCUT2D eigenvalue weighted by atomic mass is 9.94. The second-order valence-electron chi connectivity index (χ2n) is 9.56. The molecule has 164 valence electrons. The van der Waals surface area contributed by atoms with Crippen LogP contribution in [0.25, 0.3) is 49.8 Å². The standard InChI is InChI=1S/C32H23N3/c1-21-14-16-22(17-15-21)35-28-12-6-8-23-25(28)20-30(33-18-4-2-10-26(23)33)32-31-24(9-7-13-29(31)35)27-11-3-5-19-34(27)32/h2-19H,20H2,1H3/q+2. The van der Waals surface area contributed by atoms with Gasteiger partial charge in [-0.05, 0) is 55.5 Å². The number of fused-ring (bicyclic) bond motifs is 4. The van der Waals surface area contributed by atoms with Crippen molar-refractivity contribution in [1.82, 2.24) is 4.57 Å². The topological polar surface area (TPSA) is 13.1 Å². The summed E-state index contributed by atoms with van der Waals surface area (Å²) in [4.78, 5) is 0. The molecule has 8 rings (SSSR count). The maximum Gasteiger partial charge on any atom is 0.289 e. The number of rotatable bonds is 1. The number of pyridine rings is 2. The van der Waals surface area contributed by atoms with Crippen LogP contribution < -0.4 is 8.80 Å². The van der Waals surface area contributed by atoms with Crippen LogP contribution in [0.1, 0.15) is 16.8 Å². The van der Waals surface area contributed by atoms with Gasteiger partial charge in [0.2, 0.25) is 11.0 Å². The fourth-order valence-electron chi connectivity index (χ4n) is 6.11. The first-order valence-electron chi connectivity index (χ1n) is 12.2. The van der Waals surface area contributed by atoms with Gasteiger partial charge in [0.1, 0.15) is 0 Å². The van der Waals surface area contributed by atoms with E-state index >= 15 is 0 Å². The highest BCUT2D eigenvalue weighted by Crippen LogP contribution is 2.40. The van der Waals surface area contributed by atoms with Crippen LogP contribution in [-0.2, 0) is 6.42 Å². The zero-order valence-corrected chi connectivity index (χ0v) is 19.4. The van der Waals surface area contributed by atoms with Gasteiger partial charge in [-0.2, -0.15) is 8.80 Å². The number of aryl methyl sites for hydroxylation is 1. The summed E-state index contributed by atoms with van der Waals surface area (Å²) in [6.07, 6.45) is 5.31. The Morgan fingerprint density at radius 1 is 0.629 bits per heavy atom. The van der Waals surface area contributed by atoms with E-state index in [1.54, 1.807) is 0 Å². The van der Waals surface area contributed by atoms with Crippen LogP contribution in [0.3, 0.4) is 0 Å². The van der Waals surface area contributed by atoms with Crippen molar-refractivity contribution >= 4 is 32.8 Å². The van der Waals surface area contributed by atoms with Crippen molar-refractivity contribution in [1.29, 1.82) is 0 Å². The zero-order valence-electron chi connectivity index (χ0n) is 19.4. The molecule has 4 bridgehead atoms. The first-order valence-corrected chi connectivity index (χ1v) is 12.2. The van der Waals surface area contributed by atoms with E-state index in [1.165, 1.54) is 66.6 Å². The third-order valence-corrected chi connectivity index (χ3v) is 7.63. The Balaban J connectivity index is 1.76. The summed E-state index contributed by atoms with van der Waals surface area (Å²) in [5, 5.41) is 2.59. The lowest BCUT2D eigenvalue weighted by molar-refractivity contribution is -0.542. The molecule has 35 heavy (non-hydrogen) atoms. The van der Waals surface area contributed by atoms with Gasteiger partial charge in [0.05, 0.1) is 33.8 Å². The van der Waals surface area contributed by atoms with Gasteiger partial charge < -0.3 is 4.57 Å². The highest BCUT2D eigenvalue weighted by Gasteiger charge is 2.36. The molecule has 3 aliphatic rings. The van der Waals surface area contributed by atoms with E-state index in [4.69, 9.17) is 0 Å². The minimum Gasteiger partial charge on any atom is -0.309 e. The molecule has 0 fully saturated rings. The first kappa shape index (κ1) is 18.9. The Labute approximate surface area is 202 Å². The van der Waals surface area contributed by atoms with Crippen LogP contribution in [0.2, 0.25) is 0 Å². The van der Waals surface area contributed by atoms with Crippen molar-refractivity contribution in [2.45, 2.75) is 13.3 Å². The number of nitrogens with zero attached hydrogens (tertiary/aromatic N) is 3. The molecule has 5 aromatic rings. The molecule has 0 radical (unpaired) electrons. The Morgan fingerprint density at radius 2 is 1.31 bits per heavy atom. The summed E-state index contributed by atoms with van der Waals surface area (Å²) in [6, 6.07) is 35.5. The smallest absolute Gasteiger partial charge is 0.289 e. The van der Waals surface area contributed by atoms with Gasteiger partial charge >= 0.3 is 0 Å². The summed E-state index contributed by atoms with van der Waals surface area (Å²) >= 11 is 0. The van der Waals surface area contributed by atoms with Crippen molar-refractivity contribution in [2.24, 2.45) is 0 Å². The molecule has 3 aromatic carbocycles. The fourth-order valence-corrected chi connectivity index (χ4v) is 6.11. The molecule has 3 nitrogen and oxygen atoms in total. The van der Waals surface area contributed by atoms with E-state index in [0.29, 0.717) is 0 Å². The van der Waals surface area contributed by atoms with Crippen LogP contribution in [0, 0.1) is 6.92 Å². The minimum absolute atomic E-state index is 0.875. The molecule has 0 saturated heterocycles. The third-order valence-electron chi connectivity index (χ3n) is 7.63. The van der Waals surface area contributed by atoms with Crippen molar-refractivity contribution < 1.29 is 8.80 Å². The van der Waals surface area contributed by atoms with Crippen LogP contribution in [0.4, 0.5) is 0 Å². The lowest BCUT2D eigenvalue weighted by Gasteiger charge is -2.19. The summed E-state index contributed by atoms with van der Waals surface area (Å²) < 4.78 is 7.26. The zero-order chi connectivity index (χ0) is 23.1. The van der Waals surface area contributed by atoms with E-state index in [0.717, 1.165) is 6.42 Å². The van der Waals surface area contributed by atoms with Crippen LogP contribution >= 0.6 is 0 Å². The third kappa shape index (κ3) is 2.45. The second-order valence-corrected chi connectivity index (χ2v) is 9.56. The van der Waals surface area contributed by atoms with E-state index in [9.17, 15) is 0 Å². The van der Waals surface area contributed by atoms with Crippen molar-refractivity contribution in [3.8, 4) is 16.9 Å². The lowest BCUT2D eigenvalue weighted by Crippen LogP contribution is -2.34. The summed E-state index contributed by atoms with van der Waals surface area (Å²) in [5.41, 5.74) is 12.7. The van der Waals surface area contributed by atoms with Crippen LogP contribution in [0.15, 0.2) is 109 Å². The molecule has 0 saturated carbocycles. The van der Waals surface area contributed by atoms with Gasteiger partial charge in [-0.15, -0.1) is 0 Å². The number of aromatic nitrogens is 3. The average molecular weight is 450 g/mol. The number of benzene rings is 3. The normalized spacial score (nSPS) is 12.6. The molecule has 0 N–H and O–H groups in total. The van der Waals surface area contributed by atoms with Crippen LogP contribution in [0.5, 0.6) is 0 Å². The second kappa shape index (κ2) is 6.77.